The first kappa shape index (κ1) is 16.5. The van der Waals surface area contributed by atoms with E-state index in [1.165, 1.54) is 4.68 Å². The summed E-state index contributed by atoms with van der Waals surface area (Å²) >= 11 is 0. The minimum Gasteiger partial charge on any atom is -0.465 e. The van der Waals surface area contributed by atoms with E-state index in [4.69, 9.17) is 4.74 Å². The zero-order chi connectivity index (χ0) is 18.6. The number of hydrogen-bond donors (Lipinski definition) is 1. The van der Waals surface area contributed by atoms with Crippen LogP contribution in [0.1, 0.15) is 25.8 Å². The Kier molecular flexibility index (Phi) is 3.52. The van der Waals surface area contributed by atoms with Crippen LogP contribution in [0.15, 0.2) is 46.0 Å². The maximum Gasteiger partial charge on any atom is 0.361 e. The predicted molar refractivity (Wildman–Crippen MR) is 96.1 cm³/mol. The monoisotopic (exact) mass is 354 g/mol. The number of rotatable bonds is 1. The highest BCUT2D eigenvalue weighted by Gasteiger charge is 2.46. The molecule has 0 saturated carbocycles. The van der Waals surface area contributed by atoms with Crippen molar-refractivity contribution in [2.45, 2.75) is 31.5 Å². The molecule has 0 saturated heterocycles. The van der Waals surface area contributed by atoms with E-state index >= 15 is 0 Å². The van der Waals surface area contributed by atoms with Crippen LogP contribution in [0.2, 0.25) is 0 Å². The van der Waals surface area contributed by atoms with E-state index in [9.17, 15) is 19.5 Å². The van der Waals surface area contributed by atoms with Gasteiger partial charge in [0.2, 0.25) is 0 Å². The van der Waals surface area contributed by atoms with Crippen molar-refractivity contribution in [1.29, 1.82) is 0 Å². The standard InChI is InChI=1S/C19H18N2O5/c1-11-7-8-19(25,18(24)26-2)21-17(23)15-10-13-6-4-3-5-12(13)9-14(15)16(22)20(11)21/h3-6,9-11,25H,7-8H2,1-2H3/t11-,19+/m0/s1. The third kappa shape index (κ3) is 2.07. The van der Waals surface area contributed by atoms with Gasteiger partial charge < -0.3 is 9.84 Å². The molecule has 1 aliphatic rings. The molecule has 0 spiro atoms. The van der Waals surface area contributed by atoms with Crippen LogP contribution in [0.25, 0.3) is 21.5 Å². The molecule has 0 bridgehead atoms. The molecule has 3 aromatic rings. The van der Waals surface area contributed by atoms with Crippen LogP contribution < -0.4 is 11.1 Å². The van der Waals surface area contributed by atoms with Gasteiger partial charge >= 0.3 is 5.97 Å². The van der Waals surface area contributed by atoms with Gasteiger partial charge in [-0.2, -0.15) is 0 Å². The summed E-state index contributed by atoms with van der Waals surface area (Å²) in [5, 5.41) is 13.0. The fourth-order valence-corrected chi connectivity index (χ4v) is 3.75. The lowest BCUT2D eigenvalue weighted by Gasteiger charge is -2.37. The van der Waals surface area contributed by atoms with Gasteiger partial charge in [0.05, 0.1) is 23.9 Å². The van der Waals surface area contributed by atoms with Crippen molar-refractivity contribution in [1.82, 2.24) is 9.36 Å². The van der Waals surface area contributed by atoms with Crippen molar-refractivity contribution >= 4 is 27.5 Å². The largest absolute Gasteiger partial charge is 0.465 e. The number of fused-ring (bicyclic) bond motifs is 3. The predicted octanol–water partition coefficient (Wildman–Crippen LogP) is 1.49. The molecule has 0 radical (unpaired) electrons. The molecule has 134 valence electrons. The van der Waals surface area contributed by atoms with Gasteiger partial charge in [-0.3, -0.25) is 9.59 Å². The molecule has 0 unspecified atom stereocenters. The van der Waals surface area contributed by atoms with E-state index in [2.05, 4.69) is 0 Å². The van der Waals surface area contributed by atoms with E-state index in [-0.39, 0.29) is 23.2 Å². The van der Waals surface area contributed by atoms with Crippen LogP contribution in [0, 0.1) is 0 Å². The van der Waals surface area contributed by atoms with Crippen LogP contribution in [0.5, 0.6) is 0 Å². The van der Waals surface area contributed by atoms with Gasteiger partial charge in [0, 0.05) is 6.42 Å². The Labute approximate surface area is 148 Å². The Bertz CT molecular complexity index is 1180. The lowest BCUT2D eigenvalue weighted by Crippen LogP contribution is -2.58. The van der Waals surface area contributed by atoms with E-state index in [1.807, 2.05) is 24.3 Å². The molecule has 7 nitrogen and oxygen atoms in total. The molecule has 0 amide bonds. The Hall–Kier alpha value is -2.93. The van der Waals surface area contributed by atoms with Crippen molar-refractivity contribution in [3.05, 3.63) is 57.1 Å². The van der Waals surface area contributed by atoms with Gasteiger partial charge in [0.25, 0.3) is 16.8 Å². The number of hydrogen-bond acceptors (Lipinski definition) is 5. The average Bonchev–Trinajstić information content (AvgIpc) is 2.66. The smallest absolute Gasteiger partial charge is 0.361 e. The zero-order valence-corrected chi connectivity index (χ0v) is 14.4. The second kappa shape index (κ2) is 5.54. The second-order valence-corrected chi connectivity index (χ2v) is 6.71. The summed E-state index contributed by atoms with van der Waals surface area (Å²) in [6, 6.07) is 10.4. The Morgan fingerprint density at radius 1 is 1.15 bits per heavy atom. The maximum absolute atomic E-state index is 13.2. The number of ether oxygens (including phenoxy) is 1. The number of methoxy groups -OCH3 is 1. The highest BCUT2D eigenvalue weighted by atomic mass is 16.5. The SMILES string of the molecule is COC(=O)[C@]1(O)CC[C@H](C)n2c(=O)c3cc4ccccc4cc3c(=O)n21. The number of carbonyl (C=O) groups is 1. The molecule has 1 aliphatic heterocycles. The highest BCUT2D eigenvalue weighted by molar-refractivity contribution is 5.97. The lowest BCUT2D eigenvalue weighted by molar-refractivity contribution is -0.185. The first-order chi connectivity index (χ1) is 12.4. The summed E-state index contributed by atoms with van der Waals surface area (Å²) in [4.78, 5) is 38.5. The first-order valence-electron chi connectivity index (χ1n) is 8.40. The molecule has 2 atom stereocenters. The van der Waals surface area contributed by atoms with Gasteiger partial charge in [-0.25, -0.2) is 14.2 Å². The third-order valence-corrected chi connectivity index (χ3v) is 5.15. The molecule has 0 aliphatic carbocycles. The van der Waals surface area contributed by atoms with Gasteiger partial charge in [-0.15, -0.1) is 0 Å². The number of benzene rings is 2. The number of nitrogens with zero attached hydrogens (tertiary/aromatic N) is 2. The normalized spacial score (nSPS) is 22.3. The van der Waals surface area contributed by atoms with Crippen LogP contribution in [0.4, 0.5) is 0 Å². The molecule has 26 heavy (non-hydrogen) atoms. The summed E-state index contributed by atoms with van der Waals surface area (Å²) in [5.74, 6) is -0.959. The first-order valence-corrected chi connectivity index (χ1v) is 8.40. The van der Waals surface area contributed by atoms with E-state index in [0.29, 0.717) is 6.42 Å². The van der Waals surface area contributed by atoms with Crippen LogP contribution in [0.3, 0.4) is 0 Å². The van der Waals surface area contributed by atoms with Crippen LogP contribution >= 0.6 is 0 Å². The van der Waals surface area contributed by atoms with Crippen molar-refractivity contribution in [2.75, 3.05) is 7.11 Å². The second-order valence-electron chi connectivity index (χ2n) is 6.71. The minimum absolute atomic E-state index is 0.000720. The summed E-state index contributed by atoms with van der Waals surface area (Å²) in [6.07, 6.45) is 0.364. The molecule has 7 heteroatoms. The van der Waals surface area contributed by atoms with Gasteiger partial charge in [-0.05, 0) is 36.2 Å². The van der Waals surface area contributed by atoms with E-state index < -0.39 is 22.8 Å². The third-order valence-electron chi connectivity index (χ3n) is 5.15. The van der Waals surface area contributed by atoms with Crippen molar-refractivity contribution in [3.8, 4) is 0 Å². The van der Waals surface area contributed by atoms with Crippen molar-refractivity contribution in [2.24, 2.45) is 0 Å². The Morgan fingerprint density at radius 3 is 2.31 bits per heavy atom. The topological polar surface area (TPSA) is 90.5 Å². The summed E-state index contributed by atoms with van der Waals surface area (Å²) in [7, 11) is 1.14. The van der Waals surface area contributed by atoms with Crippen LogP contribution in [-0.2, 0) is 15.3 Å². The van der Waals surface area contributed by atoms with Crippen molar-refractivity contribution < 1.29 is 14.6 Å². The molecule has 4 rings (SSSR count). The molecular formula is C19H18N2O5. The van der Waals surface area contributed by atoms with Crippen molar-refractivity contribution in [3.63, 3.8) is 0 Å². The Balaban J connectivity index is 2.20. The highest BCUT2D eigenvalue weighted by Crippen LogP contribution is 2.30. The Morgan fingerprint density at radius 2 is 1.73 bits per heavy atom. The molecule has 1 aromatic heterocycles. The number of esters is 1. The molecule has 2 aromatic carbocycles. The van der Waals surface area contributed by atoms with Gasteiger partial charge in [-0.1, -0.05) is 24.3 Å². The van der Waals surface area contributed by atoms with Gasteiger partial charge in [0.1, 0.15) is 0 Å². The van der Waals surface area contributed by atoms with E-state index in [0.717, 1.165) is 22.6 Å². The van der Waals surface area contributed by atoms with E-state index in [1.54, 1.807) is 19.1 Å². The number of aromatic nitrogens is 2. The maximum atomic E-state index is 13.2. The molecule has 0 fully saturated rings. The van der Waals surface area contributed by atoms with Crippen LogP contribution in [-0.4, -0.2) is 27.5 Å². The summed E-state index contributed by atoms with van der Waals surface area (Å²) < 4.78 is 6.75. The minimum atomic E-state index is -2.20. The fraction of sp³-hybridized carbons (Fsp3) is 0.316. The van der Waals surface area contributed by atoms with Gasteiger partial charge in [0.15, 0.2) is 0 Å². The quantitative estimate of drug-likeness (QED) is 0.528. The fourth-order valence-electron chi connectivity index (χ4n) is 3.75. The average molecular weight is 354 g/mol. The molecule has 2 heterocycles. The number of aliphatic hydroxyl groups is 1. The lowest BCUT2D eigenvalue weighted by atomic mass is 9.99. The summed E-state index contributed by atoms with van der Waals surface area (Å²) in [5.41, 5.74) is -3.21. The number of carbonyl (C=O) groups excluding carboxylic acids is 1. The molecule has 1 N–H and O–H groups in total. The zero-order valence-electron chi connectivity index (χ0n) is 14.4. The molecular weight excluding hydrogens is 336 g/mol. The summed E-state index contributed by atoms with van der Waals surface area (Å²) in [6.45, 7) is 1.78.